The third kappa shape index (κ3) is 13.6. The molecule has 3 fully saturated rings. The molecule has 0 saturated carbocycles. The first kappa shape index (κ1) is 53.1. The average Bonchev–Trinajstić information content (AvgIpc) is 3.84. The monoisotopic (exact) mass is 997 g/mol. The lowest BCUT2D eigenvalue weighted by Crippen LogP contribution is -2.62. The van der Waals surface area contributed by atoms with Gasteiger partial charge in [-0.1, -0.05) is 65.5 Å². The minimum Gasteiger partial charge on any atom is -0.465 e. The first-order chi connectivity index (χ1) is 34.1. The number of hydrogen-bond acceptors (Lipinski definition) is 12. The van der Waals surface area contributed by atoms with E-state index in [0.29, 0.717) is 34.9 Å². The summed E-state index contributed by atoms with van der Waals surface area (Å²) in [6.07, 6.45) is 1.89. The van der Waals surface area contributed by atoms with E-state index in [0.717, 1.165) is 49.8 Å². The molecule has 2 bridgehead atoms. The van der Waals surface area contributed by atoms with E-state index in [-0.39, 0.29) is 30.5 Å². The first-order valence-corrected chi connectivity index (χ1v) is 24.2. The molecule has 2 aromatic heterocycles. The molecule has 18 nitrogen and oxygen atoms in total. The number of hydrazine groups is 1. The van der Waals surface area contributed by atoms with E-state index in [1.807, 2.05) is 36.4 Å². The molecular formula is C52H66F2N10O8. The fraction of sp³-hybridized carbons (Fsp3) is 0.500. The van der Waals surface area contributed by atoms with Gasteiger partial charge in [0.2, 0.25) is 5.91 Å². The molecule has 72 heavy (non-hydrogen) atoms. The average molecular weight is 997 g/mol. The quantitative estimate of drug-likeness (QED) is 0.0581. The van der Waals surface area contributed by atoms with Gasteiger partial charge in [-0.15, -0.1) is 0 Å². The van der Waals surface area contributed by atoms with Crippen LogP contribution in [0.5, 0.6) is 0 Å². The maximum atomic E-state index is 15.1. The number of aliphatic hydroxyl groups excluding tert-OH is 1. The number of nitrogens with one attached hydrogen (secondary N) is 5. The summed E-state index contributed by atoms with van der Waals surface area (Å²) >= 11 is 0. The Hall–Kier alpha value is -6.66. The van der Waals surface area contributed by atoms with Gasteiger partial charge >= 0.3 is 12.2 Å². The van der Waals surface area contributed by atoms with Gasteiger partial charge in [0.15, 0.2) is 0 Å². The van der Waals surface area contributed by atoms with Crippen molar-refractivity contribution in [3.8, 4) is 23.1 Å². The zero-order valence-corrected chi connectivity index (χ0v) is 41.8. The molecule has 4 aromatic rings. The minimum absolute atomic E-state index is 0.0920. The summed E-state index contributed by atoms with van der Waals surface area (Å²) in [5.41, 5.74) is 5.96. The number of ether oxygens (including phenoxy) is 2. The predicted octanol–water partition coefficient (Wildman–Crippen LogP) is 4.29. The van der Waals surface area contributed by atoms with Crippen molar-refractivity contribution in [2.75, 3.05) is 44.4 Å². The number of rotatable bonds is 17. The van der Waals surface area contributed by atoms with Crippen molar-refractivity contribution in [3.05, 3.63) is 101 Å². The van der Waals surface area contributed by atoms with Crippen LogP contribution in [0.3, 0.4) is 0 Å². The smallest absolute Gasteiger partial charge is 0.407 e. The van der Waals surface area contributed by atoms with Crippen LogP contribution in [0.2, 0.25) is 0 Å². The van der Waals surface area contributed by atoms with E-state index in [9.17, 15) is 29.4 Å². The Kier molecular flexibility index (Phi) is 16.8. The summed E-state index contributed by atoms with van der Waals surface area (Å²) in [6.45, 7) is 13.1. The van der Waals surface area contributed by atoms with Gasteiger partial charge < -0.3 is 40.5 Å². The largest absolute Gasteiger partial charge is 0.465 e. The van der Waals surface area contributed by atoms with Gasteiger partial charge in [-0.25, -0.2) is 28.8 Å². The van der Waals surface area contributed by atoms with E-state index in [4.69, 9.17) is 14.5 Å². The lowest BCUT2D eigenvalue weighted by atomic mass is 9.85. The topological polar surface area (TPSA) is 225 Å². The highest BCUT2D eigenvalue weighted by Crippen LogP contribution is 2.35. The maximum Gasteiger partial charge on any atom is 0.407 e. The Morgan fingerprint density at radius 1 is 0.847 bits per heavy atom. The van der Waals surface area contributed by atoms with Crippen LogP contribution in [0.1, 0.15) is 76.6 Å². The number of nitrogens with zero attached hydrogens (tertiary/aromatic N) is 5. The number of fused-ring (bicyclic) bond motifs is 2. The van der Waals surface area contributed by atoms with Crippen molar-refractivity contribution in [1.82, 2.24) is 46.5 Å². The van der Waals surface area contributed by atoms with Gasteiger partial charge in [-0.05, 0) is 78.1 Å². The molecule has 7 N–H and O–H groups in total. The first-order valence-electron chi connectivity index (χ1n) is 24.2. The number of piperazine rings is 1. The molecule has 7 rings (SSSR count). The number of pyridine rings is 1. The molecule has 6 unspecified atom stereocenters. The second-order valence-electron chi connectivity index (χ2n) is 20.9. The molecule has 0 aliphatic carbocycles. The highest BCUT2D eigenvalue weighted by atomic mass is 19.1. The van der Waals surface area contributed by atoms with Crippen LogP contribution in [0, 0.1) is 34.3 Å². The maximum absolute atomic E-state index is 15.1. The molecule has 0 spiro atoms. The summed E-state index contributed by atoms with van der Waals surface area (Å²) in [7, 11) is 1.69. The van der Waals surface area contributed by atoms with Crippen molar-refractivity contribution in [2.24, 2.45) is 17.9 Å². The van der Waals surface area contributed by atoms with E-state index in [1.165, 1.54) is 17.5 Å². The van der Waals surface area contributed by atoms with Crippen LogP contribution in [-0.4, -0.2) is 136 Å². The number of alkyl carbamates (subject to hydrolysis) is 1. The third-order valence-corrected chi connectivity index (χ3v) is 13.3. The molecule has 3 saturated heterocycles. The molecular weight excluding hydrogens is 931 g/mol. The molecule has 3 aliphatic rings. The Morgan fingerprint density at radius 2 is 1.47 bits per heavy atom. The van der Waals surface area contributed by atoms with Gasteiger partial charge in [0.25, 0.3) is 5.91 Å². The van der Waals surface area contributed by atoms with Gasteiger partial charge in [-0.3, -0.25) is 24.6 Å². The molecule has 386 valence electrons. The van der Waals surface area contributed by atoms with Crippen molar-refractivity contribution in [2.45, 2.75) is 110 Å². The van der Waals surface area contributed by atoms with E-state index in [1.54, 1.807) is 67.1 Å². The van der Waals surface area contributed by atoms with Crippen molar-refractivity contribution in [3.63, 3.8) is 0 Å². The molecule has 2 aromatic carbocycles. The fourth-order valence-electron chi connectivity index (χ4n) is 9.33. The Balaban J connectivity index is 0.989. The number of benzene rings is 2. The number of aryl methyl sites for hydroxylation is 1. The molecule has 6 atom stereocenters. The normalized spacial score (nSPS) is 18.7. The summed E-state index contributed by atoms with van der Waals surface area (Å²) < 4.78 is 42.4. The second kappa shape index (κ2) is 22.8. The number of carbonyl (C=O) groups is 4. The van der Waals surface area contributed by atoms with Crippen molar-refractivity contribution < 1.29 is 47.6 Å². The minimum atomic E-state index is -1.39. The Bertz CT molecular complexity index is 2580. The Morgan fingerprint density at radius 3 is 2.03 bits per heavy atom. The number of carbonyl (C=O) groups excluding carboxylic acids is 3. The van der Waals surface area contributed by atoms with Gasteiger partial charge in [0, 0.05) is 79.8 Å². The number of hydrogen-bond donors (Lipinski definition) is 7. The lowest BCUT2D eigenvalue weighted by molar-refractivity contribution is -0.128. The number of aliphatic hydroxyl groups is 1. The van der Waals surface area contributed by atoms with E-state index in [2.05, 4.69) is 53.5 Å². The summed E-state index contributed by atoms with van der Waals surface area (Å²) in [5.74, 6) is 4.29. The van der Waals surface area contributed by atoms with Gasteiger partial charge in [0.1, 0.15) is 29.5 Å². The fourth-order valence-corrected chi connectivity index (χ4v) is 9.33. The zero-order chi connectivity index (χ0) is 51.9. The van der Waals surface area contributed by atoms with Crippen LogP contribution in [0.4, 0.5) is 24.2 Å². The number of carboxylic acid groups (broad SMARTS) is 1. The van der Waals surface area contributed by atoms with Gasteiger partial charge in [0.05, 0.1) is 43.7 Å². The SMILES string of the molecule is Cn1ccc(-c2cc(F)c(CCOC(=O)NC(C(=O)NC(Cc3ccc(C#Cc4ccc(N5CC6CCC(C5)N6C5COC5)nc4)cc3)C(O)CNNC(=O)C(NC(=O)O)C(C)(C)C)C(C)(C)C)c(F)c2)n1. The third-order valence-electron chi connectivity index (χ3n) is 13.3. The van der Waals surface area contributed by atoms with Crippen LogP contribution in [0.15, 0.2) is 67.0 Å². The molecule has 5 heterocycles. The van der Waals surface area contributed by atoms with Crippen LogP contribution in [-0.2, 0) is 39.0 Å². The van der Waals surface area contributed by atoms with Crippen LogP contribution < -0.4 is 31.7 Å². The van der Waals surface area contributed by atoms with Gasteiger partial charge in [-0.2, -0.15) is 5.10 Å². The Labute approximate surface area is 418 Å². The lowest BCUT2D eigenvalue weighted by Gasteiger charge is -2.47. The van der Waals surface area contributed by atoms with Crippen LogP contribution >= 0.6 is 0 Å². The van der Waals surface area contributed by atoms with E-state index >= 15 is 8.78 Å². The summed E-state index contributed by atoms with van der Waals surface area (Å²) in [6, 6.07) is 13.4. The summed E-state index contributed by atoms with van der Waals surface area (Å²) in [4.78, 5) is 61.6. The van der Waals surface area contributed by atoms with Crippen molar-refractivity contribution >= 4 is 29.8 Å². The standard InChI is InChI=1S/C52H66F2N10O8/c1-51(2,3)45(59-50(70)72-21-19-38-39(53)23-34(24-40(38)54)41-18-20-62(7)61-41)47(66)57-42(43(65)26-56-60-48(67)46(52(4,5)6)58-49(68)69)22-32-11-8-31(9-12-32)10-13-33-14-17-44(55-25-33)63-27-35-15-16-36(28-63)64(35)37-29-71-30-37/h8-9,11-12,14,17-18,20,23-25,35-37,42-43,45-46,56,58,65H,15-16,19,21-22,26-30H2,1-7H3,(H,57,66)(H,59,70)(H,60,67)(H,68,69). The molecule has 0 radical (unpaired) electrons. The van der Waals surface area contributed by atoms with Crippen LogP contribution in [0.25, 0.3) is 11.3 Å². The molecule has 3 aliphatic heterocycles. The summed E-state index contributed by atoms with van der Waals surface area (Å²) in [5, 5.41) is 32.7. The number of aromatic nitrogens is 3. The second-order valence-corrected chi connectivity index (χ2v) is 20.9. The highest BCUT2D eigenvalue weighted by Gasteiger charge is 2.45. The zero-order valence-electron chi connectivity index (χ0n) is 41.8. The molecule has 4 amide bonds. The van der Waals surface area contributed by atoms with E-state index < -0.39 is 77.3 Å². The predicted molar refractivity (Wildman–Crippen MR) is 264 cm³/mol. The number of halogens is 2. The number of anilines is 1. The van der Waals surface area contributed by atoms with Crippen molar-refractivity contribution in [1.29, 1.82) is 0 Å². The highest BCUT2D eigenvalue weighted by molar-refractivity contribution is 5.87. The molecule has 20 heteroatoms. The number of amides is 4.